The van der Waals surface area contributed by atoms with E-state index in [1.165, 1.54) is 12.4 Å². The van der Waals surface area contributed by atoms with Crippen LogP contribution in [0.1, 0.15) is 5.56 Å². The lowest BCUT2D eigenvalue weighted by molar-refractivity contribution is -0.605. The van der Waals surface area contributed by atoms with E-state index < -0.39 is 0 Å². The minimum absolute atomic E-state index is 0.347. The molecule has 2 rings (SSSR count). The van der Waals surface area contributed by atoms with E-state index in [1.807, 2.05) is 6.07 Å². The Hall–Kier alpha value is -2.41. The van der Waals surface area contributed by atoms with E-state index in [0.29, 0.717) is 15.9 Å². The Balaban J connectivity index is 2.55. The molecule has 0 saturated heterocycles. The summed E-state index contributed by atoms with van der Waals surface area (Å²) in [5, 5.41) is 19.9. The average molecular weight is 197 g/mol. The molecule has 0 aliphatic rings. The molecule has 4 nitrogen and oxygen atoms in total. The van der Waals surface area contributed by atoms with Crippen LogP contribution in [0.2, 0.25) is 0 Å². The van der Waals surface area contributed by atoms with Crippen molar-refractivity contribution in [3.8, 4) is 17.2 Å². The van der Waals surface area contributed by atoms with Crippen molar-refractivity contribution < 1.29 is 4.73 Å². The molecule has 0 unspecified atom stereocenters. The van der Waals surface area contributed by atoms with Crippen LogP contribution in [0.5, 0.6) is 0 Å². The molecule has 0 amide bonds. The first-order chi connectivity index (χ1) is 7.29. The van der Waals surface area contributed by atoms with Gasteiger partial charge in [0.25, 0.3) is 0 Å². The van der Waals surface area contributed by atoms with Gasteiger partial charge in [-0.1, -0.05) is 0 Å². The second-order valence-electron chi connectivity index (χ2n) is 3.02. The third kappa shape index (κ3) is 1.92. The molecule has 2 aromatic heterocycles. The van der Waals surface area contributed by atoms with Crippen molar-refractivity contribution in [1.82, 2.24) is 4.98 Å². The summed E-state index contributed by atoms with van der Waals surface area (Å²) in [4.78, 5) is 3.89. The molecule has 2 heterocycles. The van der Waals surface area contributed by atoms with E-state index in [9.17, 15) is 5.21 Å². The largest absolute Gasteiger partial charge is 0.619 e. The molecule has 72 valence electrons. The topological polar surface area (TPSA) is 63.6 Å². The lowest BCUT2D eigenvalue weighted by Crippen LogP contribution is -2.25. The summed E-state index contributed by atoms with van der Waals surface area (Å²) in [6.07, 6.45) is 5.95. The summed E-state index contributed by atoms with van der Waals surface area (Å²) in [5.41, 5.74) is 1.93. The third-order valence-electron chi connectivity index (χ3n) is 1.99. The van der Waals surface area contributed by atoms with E-state index in [4.69, 9.17) is 5.26 Å². The van der Waals surface area contributed by atoms with Crippen molar-refractivity contribution in [1.29, 1.82) is 5.26 Å². The van der Waals surface area contributed by atoms with Crippen LogP contribution >= 0.6 is 0 Å². The van der Waals surface area contributed by atoms with Gasteiger partial charge in [0.2, 0.25) is 0 Å². The van der Waals surface area contributed by atoms with Gasteiger partial charge in [0.1, 0.15) is 11.6 Å². The smallest absolute Gasteiger partial charge is 0.198 e. The molecule has 0 aliphatic carbocycles. The molecule has 0 bridgehead atoms. The van der Waals surface area contributed by atoms with Crippen LogP contribution in [0.25, 0.3) is 11.1 Å². The van der Waals surface area contributed by atoms with Gasteiger partial charge in [0, 0.05) is 18.0 Å². The Labute approximate surface area is 86.6 Å². The minimum Gasteiger partial charge on any atom is -0.619 e. The molecule has 0 spiro atoms. The maximum absolute atomic E-state index is 11.2. The Morgan fingerprint density at radius 1 is 1.20 bits per heavy atom. The molecule has 0 aromatic carbocycles. The van der Waals surface area contributed by atoms with Gasteiger partial charge in [-0.05, 0) is 23.8 Å². The Morgan fingerprint density at radius 3 is 2.60 bits per heavy atom. The summed E-state index contributed by atoms with van der Waals surface area (Å²) >= 11 is 0. The number of pyridine rings is 2. The molecule has 2 aromatic rings. The van der Waals surface area contributed by atoms with E-state index >= 15 is 0 Å². The zero-order chi connectivity index (χ0) is 10.7. The van der Waals surface area contributed by atoms with Gasteiger partial charge in [-0.2, -0.15) is 9.99 Å². The number of nitriles is 1. The van der Waals surface area contributed by atoms with Crippen LogP contribution in [0.3, 0.4) is 0 Å². The van der Waals surface area contributed by atoms with E-state index in [0.717, 1.165) is 5.56 Å². The molecule has 4 heteroatoms. The van der Waals surface area contributed by atoms with Gasteiger partial charge in [-0.15, -0.1) is 0 Å². The quantitative estimate of drug-likeness (QED) is 0.510. The van der Waals surface area contributed by atoms with E-state index in [-0.39, 0.29) is 0 Å². The number of nitrogens with zero attached hydrogens (tertiary/aromatic N) is 3. The molecular weight excluding hydrogens is 190 g/mol. The predicted molar refractivity (Wildman–Crippen MR) is 53.3 cm³/mol. The highest BCUT2D eigenvalue weighted by atomic mass is 16.5. The fourth-order valence-corrected chi connectivity index (χ4v) is 1.32. The molecule has 0 N–H and O–H groups in total. The highest BCUT2D eigenvalue weighted by molar-refractivity contribution is 5.62. The second kappa shape index (κ2) is 3.76. The van der Waals surface area contributed by atoms with Crippen molar-refractivity contribution in [3.05, 3.63) is 53.8 Å². The van der Waals surface area contributed by atoms with Gasteiger partial charge in [-0.25, -0.2) is 0 Å². The molecule has 0 saturated carbocycles. The Morgan fingerprint density at radius 2 is 1.93 bits per heavy atom. The summed E-state index contributed by atoms with van der Waals surface area (Å²) in [7, 11) is 0. The van der Waals surface area contributed by atoms with E-state index in [1.54, 1.807) is 30.6 Å². The number of rotatable bonds is 1. The van der Waals surface area contributed by atoms with Crippen LogP contribution in [0, 0.1) is 16.5 Å². The molecule has 0 atom stereocenters. The van der Waals surface area contributed by atoms with Gasteiger partial charge in [0.05, 0.1) is 0 Å². The van der Waals surface area contributed by atoms with Gasteiger partial charge >= 0.3 is 0 Å². The first-order valence-electron chi connectivity index (χ1n) is 4.34. The highest BCUT2D eigenvalue weighted by Crippen LogP contribution is 2.16. The minimum atomic E-state index is 0.347. The summed E-state index contributed by atoms with van der Waals surface area (Å²) in [5.74, 6) is 0. The van der Waals surface area contributed by atoms with E-state index in [2.05, 4.69) is 4.98 Å². The second-order valence-corrected chi connectivity index (χ2v) is 3.02. The van der Waals surface area contributed by atoms with Crippen molar-refractivity contribution >= 4 is 0 Å². The highest BCUT2D eigenvalue weighted by Gasteiger charge is 2.04. The van der Waals surface area contributed by atoms with Crippen LogP contribution in [-0.2, 0) is 0 Å². The standard InChI is InChI=1S/C11H7N3O/c12-6-9-5-11(8-14(15)7-9)10-1-3-13-4-2-10/h1-5,7-8H. The fraction of sp³-hybridized carbons (Fsp3) is 0. The van der Waals surface area contributed by atoms with Gasteiger partial charge in [-0.3, -0.25) is 4.98 Å². The summed E-state index contributed by atoms with van der Waals surface area (Å²) < 4.78 is 0.633. The number of hydrogen-bond donors (Lipinski definition) is 0. The zero-order valence-electron chi connectivity index (χ0n) is 7.79. The van der Waals surface area contributed by atoms with Crippen LogP contribution < -0.4 is 4.73 Å². The molecule has 0 radical (unpaired) electrons. The third-order valence-corrected chi connectivity index (χ3v) is 1.99. The lowest BCUT2D eigenvalue weighted by atomic mass is 10.1. The summed E-state index contributed by atoms with van der Waals surface area (Å²) in [6, 6.07) is 7.19. The maximum Gasteiger partial charge on any atom is 0.198 e. The van der Waals surface area contributed by atoms with Gasteiger partial charge in [0.15, 0.2) is 12.4 Å². The first kappa shape index (κ1) is 9.16. The average Bonchev–Trinajstić information content (AvgIpc) is 2.29. The van der Waals surface area contributed by atoms with Crippen LogP contribution in [-0.4, -0.2) is 4.98 Å². The monoisotopic (exact) mass is 197 g/mol. The molecule has 0 fully saturated rings. The maximum atomic E-state index is 11.2. The first-order valence-corrected chi connectivity index (χ1v) is 4.34. The van der Waals surface area contributed by atoms with Crippen molar-refractivity contribution in [3.63, 3.8) is 0 Å². The molecular formula is C11H7N3O. The number of hydrogen-bond acceptors (Lipinski definition) is 3. The van der Waals surface area contributed by atoms with Crippen molar-refractivity contribution in [2.24, 2.45) is 0 Å². The van der Waals surface area contributed by atoms with Crippen LogP contribution in [0.15, 0.2) is 43.0 Å². The SMILES string of the molecule is N#Cc1cc(-c2ccncc2)c[n+]([O-])c1. The predicted octanol–water partition coefficient (Wildman–Crippen LogP) is 1.25. The lowest BCUT2D eigenvalue weighted by Gasteiger charge is -2.01. The molecule has 15 heavy (non-hydrogen) atoms. The van der Waals surface area contributed by atoms with Crippen molar-refractivity contribution in [2.75, 3.05) is 0 Å². The fourth-order valence-electron chi connectivity index (χ4n) is 1.32. The van der Waals surface area contributed by atoms with Gasteiger partial charge < -0.3 is 5.21 Å². The number of aromatic nitrogens is 2. The normalized spacial score (nSPS) is 9.53. The van der Waals surface area contributed by atoms with Crippen LogP contribution in [0.4, 0.5) is 0 Å². The molecule has 0 aliphatic heterocycles. The van der Waals surface area contributed by atoms with Crippen molar-refractivity contribution in [2.45, 2.75) is 0 Å². The Bertz CT molecular complexity index is 517. The summed E-state index contributed by atoms with van der Waals surface area (Å²) in [6.45, 7) is 0. The zero-order valence-corrected chi connectivity index (χ0v) is 7.79. The Kier molecular flexibility index (Phi) is 2.30.